The van der Waals surface area contributed by atoms with Crippen LogP contribution < -0.4 is 5.56 Å². The van der Waals surface area contributed by atoms with Crippen LogP contribution in [0.3, 0.4) is 0 Å². The lowest BCUT2D eigenvalue weighted by molar-refractivity contribution is -0.386. The second-order valence-corrected chi connectivity index (χ2v) is 6.10. The number of rotatable bonds is 5. The van der Waals surface area contributed by atoms with Crippen molar-refractivity contribution in [1.82, 2.24) is 9.78 Å². The van der Waals surface area contributed by atoms with E-state index in [1.165, 1.54) is 19.1 Å². The molecule has 1 N–H and O–H groups in total. The third-order valence-electron chi connectivity index (χ3n) is 3.40. The Balaban J connectivity index is 2.69. The van der Waals surface area contributed by atoms with Crippen LogP contribution in [0.15, 0.2) is 16.9 Å². The quantitative estimate of drug-likeness (QED) is 0.351. The van der Waals surface area contributed by atoms with Gasteiger partial charge in [-0.3, -0.25) is 24.8 Å². The molecule has 0 bridgehead atoms. The van der Waals surface area contributed by atoms with Crippen LogP contribution in [0.1, 0.15) is 25.5 Å². The number of carbonyl (C=O) groups is 1. The van der Waals surface area contributed by atoms with Gasteiger partial charge in [-0.05, 0) is 26.0 Å². The second kappa shape index (κ2) is 7.47. The molecule has 0 fully saturated rings. The number of esters is 1. The summed E-state index contributed by atoms with van der Waals surface area (Å²) in [6, 6.07) is 2.76. The minimum absolute atomic E-state index is 0.00928. The molecule has 8 nitrogen and oxygen atoms in total. The summed E-state index contributed by atoms with van der Waals surface area (Å²) >= 11 is 17.9. The lowest BCUT2D eigenvalue weighted by atomic mass is 10.1. The van der Waals surface area contributed by atoms with Gasteiger partial charge in [0, 0.05) is 0 Å². The Morgan fingerprint density at radius 2 is 2.00 bits per heavy atom. The molecule has 1 atom stereocenters. The summed E-state index contributed by atoms with van der Waals surface area (Å²) in [6.45, 7) is 3.08. The van der Waals surface area contributed by atoms with Gasteiger partial charge in [0.25, 0.3) is 0 Å². The SMILES string of the molecule is CCOC(=O)C(C)c1[nH]n(-c2ccc(Cl)c(Cl)c2Cl)c(=O)c1[N+](=O)[O-]. The Morgan fingerprint density at radius 1 is 1.36 bits per heavy atom. The lowest BCUT2D eigenvalue weighted by Crippen LogP contribution is -2.17. The van der Waals surface area contributed by atoms with Crippen molar-refractivity contribution in [2.24, 2.45) is 0 Å². The van der Waals surface area contributed by atoms with Crippen molar-refractivity contribution in [2.45, 2.75) is 19.8 Å². The van der Waals surface area contributed by atoms with Crippen LogP contribution >= 0.6 is 34.8 Å². The van der Waals surface area contributed by atoms with Gasteiger partial charge in [0.05, 0.1) is 32.3 Å². The van der Waals surface area contributed by atoms with Crippen LogP contribution in [0.4, 0.5) is 5.69 Å². The van der Waals surface area contributed by atoms with Gasteiger partial charge in [-0.25, -0.2) is 4.68 Å². The number of benzene rings is 1. The molecule has 0 aliphatic carbocycles. The second-order valence-electron chi connectivity index (χ2n) is 4.94. The van der Waals surface area contributed by atoms with E-state index < -0.39 is 28.1 Å². The molecule has 1 aromatic carbocycles. The number of halogens is 3. The molecule has 11 heteroatoms. The molecule has 0 saturated heterocycles. The number of H-pyrrole nitrogens is 1. The van der Waals surface area contributed by atoms with E-state index in [9.17, 15) is 19.7 Å². The van der Waals surface area contributed by atoms with E-state index in [4.69, 9.17) is 39.5 Å². The number of aromatic nitrogens is 2. The van der Waals surface area contributed by atoms with E-state index in [2.05, 4.69) is 5.10 Å². The first kappa shape index (κ1) is 19.3. The van der Waals surface area contributed by atoms with Crippen molar-refractivity contribution in [1.29, 1.82) is 0 Å². The van der Waals surface area contributed by atoms with Gasteiger partial charge in [0.1, 0.15) is 11.6 Å². The Bertz CT molecular complexity index is 906. The highest BCUT2D eigenvalue weighted by Gasteiger charge is 2.33. The van der Waals surface area contributed by atoms with Gasteiger partial charge < -0.3 is 4.74 Å². The van der Waals surface area contributed by atoms with Gasteiger partial charge in [0.2, 0.25) is 0 Å². The lowest BCUT2D eigenvalue weighted by Gasteiger charge is -2.09. The maximum atomic E-state index is 12.5. The molecular weight excluding hydrogens is 397 g/mol. The van der Waals surface area contributed by atoms with E-state index in [0.717, 1.165) is 4.68 Å². The first-order valence-corrected chi connectivity index (χ1v) is 8.13. The summed E-state index contributed by atoms with van der Waals surface area (Å²) in [5.74, 6) is -1.77. The van der Waals surface area contributed by atoms with Crippen LogP contribution in [-0.4, -0.2) is 27.3 Å². The number of aromatic amines is 1. The molecule has 2 aromatic rings. The fraction of sp³-hybridized carbons (Fsp3) is 0.286. The molecule has 25 heavy (non-hydrogen) atoms. The molecule has 0 aliphatic rings. The van der Waals surface area contributed by atoms with Crippen LogP contribution in [-0.2, 0) is 9.53 Å². The van der Waals surface area contributed by atoms with Crippen LogP contribution in [0.2, 0.25) is 15.1 Å². The predicted molar refractivity (Wildman–Crippen MR) is 93.1 cm³/mol. The topological polar surface area (TPSA) is 107 Å². The highest BCUT2D eigenvalue weighted by Crippen LogP contribution is 2.34. The van der Waals surface area contributed by atoms with Gasteiger partial charge >= 0.3 is 17.2 Å². The standard InChI is InChI=1S/C14H12Cl3N3O5/c1-3-25-14(22)6(2)11-12(20(23)24)13(21)19(18-11)8-5-4-7(15)9(16)10(8)17/h4-6,18H,3H2,1-2H3. The van der Waals surface area contributed by atoms with Crippen molar-refractivity contribution in [3.63, 3.8) is 0 Å². The molecule has 0 amide bonds. The van der Waals surface area contributed by atoms with Crippen molar-refractivity contribution in [3.05, 3.63) is 53.4 Å². The maximum Gasteiger partial charge on any atom is 0.357 e. The number of nitro groups is 1. The number of hydrogen-bond donors (Lipinski definition) is 1. The molecule has 1 heterocycles. The predicted octanol–water partition coefficient (Wildman–Crippen LogP) is 3.70. The molecule has 1 aromatic heterocycles. The molecule has 0 radical (unpaired) electrons. The highest BCUT2D eigenvalue weighted by molar-refractivity contribution is 6.48. The van der Waals surface area contributed by atoms with Gasteiger partial charge in [-0.2, -0.15) is 0 Å². The normalized spacial score (nSPS) is 12.0. The Labute approximate surface area is 156 Å². The highest BCUT2D eigenvalue weighted by atomic mass is 35.5. The summed E-state index contributed by atoms with van der Waals surface area (Å²) in [6.07, 6.45) is 0. The number of nitrogens with zero attached hydrogens (tertiary/aromatic N) is 2. The van der Waals surface area contributed by atoms with Crippen LogP contribution in [0.25, 0.3) is 5.69 Å². The summed E-state index contributed by atoms with van der Waals surface area (Å²) < 4.78 is 5.69. The molecule has 2 rings (SSSR count). The average Bonchev–Trinajstić information content (AvgIpc) is 2.89. The van der Waals surface area contributed by atoms with Gasteiger partial charge in [-0.1, -0.05) is 34.8 Å². The zero-order chi connectivity index (χ0) is 18.9. The molecule has 1 unspecified atom stereocenters. The Morgan fingerprint density at radius 3 is 2.56 bits per heavy atom. The number of hydrogen-bond acceptors (Lipinski definition) is 5. The van der Waals surface area contributed by atoms with E-state index in [-0.39, 0.29) is 33.1 Å². The van der Waals surface area contributed by atoms with E-state index in [0.29, 0.717) is 0 Å². The molecule has 0 aliphatic heterocycles. The zero-order valence-electron chi connectivity index (χ0n) is 13.0. The van der Waals surface area contributed by atoms with Crippen LogP contribution in [0, 0.1) is 10.1 Å². The summed E-state index contributed by atoms with van der Waals surface area (Å²) in [4.78, 5) is 34.8. The van der Waals surface area contributed by atoms with Crippen molar-refractivity contribution >= 4 is 46.5 Å². The van der Waals surface area contributed by atoms with Crippen LogP contribution in [0.5, 0.6) is 0 Å². The number of ether oxygens (including phenoxy) is 1. The van der Waals surface area contributed by atoms with E-state index >= 15 is 0 Å². The minimum Gasteiger partial charge on any atom is -0.465 e. The monoisotopic (exact) mass is 407 g/mol. The first-order chi connectivity index (χ1) is 11.7. The average molecular weight is 409 g/mol. The van der Waals surface area contributed by atoms with Gasteiger partial charge in [0.15, 0.2) is 0 Å². The third kappa shape index (κ3) is 3.51. The zero-order valence-corrected chi connectivity index (χ0v) is 15.3. The first-order valence-electron chi connectivity index (χ1n) is 7.00. The van der Waals surface area contributed by atoms with E-state index in [1.54, 1.807) is 6.92 Å². The molecule has 134 valence electrons. The third-order valence-corrected chi connectivity index (χ3v) is 4.69. The summed E-state index contributed by atoms with van der Waals surface area (Å²) in [5, 5.41) is 13.9. The van der Waals surface area contributed by atoms with Crippen molar-refractivity contribution in [3.8, 4) is 5.69 Å². The molecular formula is C14H12Cl3N3O5. The Hall–Kier alpha value is -2.03. The van der Waals surface area contributed by atoms with E-state index in [1.807, 2.05) is 0 Å². The minimum atomic E-state index is -1.06. The van der Waals surface area contributed by atoms with Gasteiger partial charge in [-0.15, -0.1) is 0 Å². The maximum absolute atomic E-state index is 12.5. The largest absolute Gasteiger partial charge is 0.465 e. The summed E-state index contributed by atoms with van der Waals surface area (Å²) in [7, 11) is 0. The fourth-order valence-corrected chi connectivity index (χ4v) is 2.78. The Kier molecular flexibility index (Phi) is 5.76. The summed E-state index contributed by atoms with van der Waals surface area (Å²) in [5.41, 5.74) is -1.90. The van der Waals surface area contributed by atoms with Crippen molar-refractivity contribution in [2.75, 3.05) is 6.61 Å². The molecule has 0 saturated carbocycles. The number of carbonyl (C=O) groups excluding carboxylic acids is 1. The molecule has 0 spiro atoms. The number of nitrogens with one attached hydrogen (secondary N) is 1. The fourth-order valence-electron chi connectivity index (χ4n) is 2.17. The van der Waals surface area contributed by atoms with Crippen molar-refractivity contribution < 1.29 is 14.5 Å². The smallest absolute Gasteiger partial charge is 0.357 e.